The van der Waals surface area contributed by atoms with Crippen molar-refractivity contribution >= 4 is 5.69 Å². The number of hydrogen-bond donors (Lipinski definition) is 1. The maximum Gasteiger partial charge on any atom is 0.0923 e. The highest BCUT2D eigenvalue weighted by Crippen LogP contribution is 2.32. The molecule has 2 fully saturated rings. The van der Waals surface area contributed by atoms with Crippen LogP contribution in [0, 0.1) is 0 Å². The molecule has 5 nitrogen and oxygen atoms in total. The minimum absolute atomic E-state index is 0.547. The summed E-state index contributed by atoms with van der Waals surface area (Å²) in [4.78, 5) is 5.14. The second-order valence-corrected chi connectivity index (χ2v) is 7.60. The third-order valence-electron chi connectivity index (χ3n) is 5.91. The average Bonchev–Trinajstić information content (AvgIpc) is 3.13. The first kappa shape index (κ1) is 16.6. The molecule has 1 aromatic heterocycles. The van der Waals surface area contributed by atoms with Crippen molar-refractivity contribution < 1.29 is 0 Å². The highest BCUT2D eigenvalue weighted by Gasteiger charge is 2.28. The number of nitrogens with two attached hydrogens (primary N) is 1. The Balaban J connectivity index is 1.36. The number of hydrogen-bond acceptors (Lipinski definition) is 4. The van der Waals surface area contributed by atoms with Crippen LogP contribution in [0.1, 0.15) is 31.7 Å². The molecule has 0 atom stereocenters. The van der Waals surface area contributed by atoms with Gasteiger partial charge in [-0.3, -0.25) is 9.58 Å². The van der Waals surface area contributed by atoms with Crippen molar-refractivity contribution in [2.45, 2.75) is 37.8 Å². The van der Waals surface area contributed by atoms with Crippen LogP contribution in [0.4, 0.5) is 5.69 Å². The van der Waals surface area contributed by atoms with Gasteiger partial charge < -0.3 is 10.6 Å². The summed E-state index contributed by atoms with van der Waals surface area (Å²) in [6, 6.07) is 11.4. The summed E-state index contributed by atoms with van der Waals surface area (Å²) in [5, 5.41) is 4.84. The molecular weight excluding hydrogens is 310 g/mol. The van der Waals surface area contributed by atoms with Crippen LogP contribution in [0.5, 0.6) is 0 Å². The smallest absolute Gasteiger partial charge is 0.0923 e. The Morgan fingerprint density at radius 2 is 1.52 bits per heavy atom. The van der Waals surface area contributed by atoms with Crippen LogP contribution in [0.3, 0.4) is 0 Å². The molecule has 0 bridgehead atoms. The molecular formula is C20H29N5. The number of rotatable bonds is 3. The van der Waals surface area contributed by atoms with E-state index in [-0.39, 0.29) is 0 Å². The van der Waals surface area contributed by atoms with Crippen molar-refractivity contribution in [3.63, 3.8) is 0 Å². The van der Waals surface area contributed by atoms with Gasteiger partial charge in [-0.25, -0.2) is 0 Å². The maximum absolute atomic E-state index is 5.78. The van der Waals surface area contributed by atoms with Crippen LogP contribution in [0.25, 0.3) is 11.3 Å². The van der Waals surface area contributed by atoms with Gasteiger partial charge in [0.05, 0.1) is 11.7 Å². The zero-order chi connectivity index (χ0) is 17.2. The van der Waals surface area contributed by atoms with E-state index in [4.69, 9.17) is 10.8 Å². The van der Waals surface area contributed by atoms with E-state index in [1.807, 2.05) is 24.3 Å². The van der Waals surface area contributed by atoms with Gasteiger partial charge in [0.2, 0.25) is 0 Å². The zero-order valence-electron chi connectivity index (χ0n) is 15.1. The average molecular weight is 339 g/mol. The molecule has 0 spiro atoms. The SMILES string of the molecule is CN1CCN(C2CCC(n3ccc(-c4ccc(N)cc4)n3)CC2)CC1. The van der Waals surface area contributed by atoms with E-state index in [9.17, 15) is 0 Å². The number of aromatic nitrogens is 2. The van der Waals surface area contributed by atoms with Crippen LogP contribution < -0.4 is 5.73 Å². The monoisotopic (exact) mass is 339 g/mol. The number of likely N-dealkylation sites (N-methyl/N-ethyl adjacent to an activating group) is 1. The molecule has 0 unspecified atom stereocenters. The molecule has 1 aliphatic heterocycles. The van der Waals surface area contributed by atoms with E-state index in [0.29, 0.717) is 6.04 Å². The highest BCUT2D eigenvalue weighted by molar-refractivity contribution is 5.61. The Labute approximate surface area is 150 Å². The minimum Gasteiger partial charge on any atom is -0.399 e. The molecule has 5 heteroatoms. The fourth-order valence-corrected chi connectivity index (χ4v) is 4.22. The lowest BCUT2D eigenvalue weighted by atomic mass is 9.90. The van der Waals surface area contributed by atoms with Crippen molar-refractivity contribution in [1.82, 2.24) is 19.6 Å². The Morgan fingerprint density at radius 1 is 0.880 bits per heavy atom. The summed E-state index contributed by atoms with van der Waals surface area (Å²) in [6.45, 7) is 4.89. The lowest BCUT2D eigenvalue weighted by molar-refractivity contribution is 0.0811. The summed E-state index contributed by atoms with van der Waals surface area (Å²) in [5.41, 5.74) is 8.75. The van der Waals surface area contributed by atoms with Crippen molar-refractivity contribution in [3.05, 3.63) is 36.5 Å². The third kappa shape index (κ3) is 3.72. The van der Waals surface area contributed by atoms with Gasteiger partial charge in [0.15, 0.2) is 0 Å². The predicted octanol–water partition coefficient (Wildman–Crippen LogP) is 2.86. The van der Waals surface area contributed by atoms with Gasteiger partial charge in [-0.2, -0.15) is 5.10 Å². The summed E-state index contributed by atoms with van der Waals surface area (Å²) in [7, 11) is 2.23. The molecule has 2 N–H and O–H groups in total. The van der Waals surface area contributed by atoms with Crippen LogP contribution >= 0.6 is 0 Å². The maximum atomic E-state index is 5.78. The first-order chi connectivity index (χ1) is 12.2. The molecule has 2 aliphatic rings. The number of anilines is 1. The first-order valence-electron chi connectivity index (χ1n) is 9.53. The van der Waals surface area contributed by atoms with Gasteiger partial charge >= 0.3 is 0 Å². The van der Waals surface area contributed by atoms with Gasteiger partial charge in [0, 0.05) is 49.7 Å². The number of nitrogens with zero attached hydrogens (tertiary/aromatic N) is 4. The first-order valence-corrected chi connectivity index (χ1v) is 9.53. The summed E-state index contributed by atoms with van der Waals surface area (Å²) in [5.74, 6) is 0. The van der Waals surface area contributed by atoms with Gasteiger partial charge in [-0.15, -0.1) is 0 Å². The van der Waals surface area contributed by atoms with E-state index in [1.165, 1.54) is 51.9 Å². The normalized spacial score (nSPS) is 26.0. The fourth-order valence-electron chi connectivity index (χ4n) is 4.22. The summed E-state index contributed by atoms with van der Waals surface area (Å²) >= 11 is 0. The van der Waals surface area contributed by atoms with E-state index >= 15 is 0 Å². The van der Waals surface area contributed by atoms with Gasteiger partial charge in [-0.1, -0.05) is 12.1 Å². The largest absolute Gasteiger partial charge is 0.399 e. The molecule has 134 valence electrons. The molecule has 25 heavy (non-hydrogen) atoms. The molecule has 1 aliphatic carbocycles. The third-order valence-corrected chi connectivity index (χ3v) is 5.91. The molecule has 2 aromatic rings. The van der Waals surface area contributed by atoms with Gasteiger partial charge in [0.1, 0.15) is 0 Å². The summed E-state index contributed by atoms with van der Waals surface area (Å²) < 4.78 is 2.19. The second kappa shape index (κ2) is 7.18. The fraction of sp³-hybridized carbons (Fsp3) is 0.550. The van der Waals surface area contributed by atoms with E-state index in [2.05, 4.69) is 33.8 Å². The van der Waals surface area contributed by atoms with Gasteiger partial charge in [0.25, 0.3) is 0 Å². The topological polar surface area (TPSA) is 50.3 Å². The van der Waals surface area contributed by atoms with Crippen LogP contribution in [-0.4, -0.2) is 58.8 Å². The molecule has 2 heterocycles. The van der Waals surface area contributed by atoms with Crippen LogP contribution in [0.2, 0.25) is 0 Å². The van der Waals surface area contributed by atoms with Crippen molar-refractivity contribution in [3.8, 4) is 11.3 Å². The molecule has 0 radical (unpaired) electrons. The number of benzene rings is 1. The predicted molar refractivity (Wildman–Crippen MR) is 102 cm³/mol. The molecule has 1 saturated heterocycles. The molecule has 1 saturated carbocycles. The van der Waals surface area contributed by atoms with Crippen molar-refractivity contribution in [2.75, 3.05) is 39.0 Å². The van der Waals surface area contributed by atoms with Crippen LogP contribution in [0.15, 0.2) is 36.5 Å². The standard InChI is InChI=1S/C20H29N5/c1-23-12-14-24(15-13-23)18-6-8-19(9-7-18)25-11-10-20(22-25)16-2-4-17(21)5-3-16/h2-5,10-11,18-19H,6-9,12-15,21H2,1H3. The Hall–Kier alpha value is -1.85. The Morgan fingerprint density at radius 3 is 2.20 bits per heavy atom. The number of nitrogen functional groups attached to an aromatic ring is 1. The Kier molecular flexibility index (Phi) is 4.77. The number of piperazine rings is 1. The van der Waals surface area contributed by atoms with Crippen LogP contribution in [-0.2, 0) is 0 Å². The van der Waals surface area contributed by atoms with E-state index < -0.39 is 0 Å². The van der Waals surface area contributed by atoms with Crippen molar-refractivity contribution in [1.29, 1.82) is 0 Å². The van der Waals surface area contributed by atoms with Gasteiger partial charge in [-0.05, 0) is 50.9 Å². The summed E-state index contributed by atoms with van der Waals surface area (Å²) in [6.07, 6.45) is 7.21. The van der Waals surface area contributed by atoms with Crippen molar-refractivity contribution in [2.24, 2.45) is 0 Å². The second-order valence-electron chi connectivity index (χ2n) is 7.60. The Bertz CT molecular complexity index is 676. The molecule has 1 aromatic carbocycles. The minimum atomic E-state index is 0.547. The lowest BCUT2D eigenvalue weighted by Gasteiger charge is -2.41. The zero-order valence-corrected chi connectivity index (χ0v) is 15.1. The molecule has 4 rings (SSSR count). The van der Waals surface area contributed by atoms with E-state index in [1.54, 1.807) is 0 Å². The highest BCUT2D eigenvalue weighted by atomic mass is 15.3. The quantitative estimate of drug-likeness (QED) is 0.874. The van der Waals surface area contributed by atoms with E-state index in [0.717, 1.165) is 23.0 Å². The lowest BCUT2D eigenvalue weighted by Crippen LogP contribution is -2.49. The molecule has 0 amide bonds.